The van der Waals surface area contributed by atoms with Crippen LogP contribution in [0.5, 0.6) is 0 Å². The lowest BCUT2D eigenvalue weighted by Gasteiger charge is -2.42. The molecule has 2 rings (SSSR count). The smallest absolute Gasteiger partial charge is 0.317 e. The number of nitrogens with zero attached hydrogens (tertiary/aromatic N) is 1. The van der Waals surface area contributed by atoms with E-state index >= 15 is 0 Å². The Morgan fingerprint density at radius 2 is 2.00 bits per heavy atom. The molecule has 2 aliphatic carbocycles. The van der Waals surface area contributed by atoms with Crippen molar-refractivity contribution in [2.75, 3.05) is 19.7 Å². The molecule has 0 saturated heterocycles. The Balaban J connectivity index is 1.61. The van der Waals surface area contributed by atoms with Crippen LogP contribution < -0.4 is 5.32 Å². The number of nitrogens with one attached hydrogen (secondary N) is 1. The van der Waals surface area contributed by atoms with E-state index in [0.29, 0.717) is 5.92 Å². The van der Waals surface area contributed by atoms with Gasteiger partial charge >= 0.3 is 5.97 Å². The molecule has 1 amide bonds. The highest BCUT2D eigenvalue weighted by Gasteiger charge is 2.34. The summed E-state index contributed by atoms with van der Waals surface area (Å²) in [6.07, 6.45) is 6.45. The molecule has 0 aromatic rings. The van der Waals surface area contributed by atoms with Crippen LogP contribution in [0.25, 0.3) is 0 Å². The van der Waals surface area contributed by atoms with E-state index in [2.05, 4.69) is 12.2 Å². The number of hydrogen-bond donors (Lipinski definition) is 2. The zero-order valence-electron chi connectivity index (χ0n) is 14.3. The summed E-state index contributed by atoms with van der Waals surface area (Å²) < 4.78 is 5.73. The number of aliphatic carboxylic acids is 1. The van der Waals surface area contributed by atoms with Gasteiger partial charge in [0.15, 0.2) is 0 Å². The average Bonchev–Trinajstić information content (AvgIpc) is 2.46. The Morgan fingerprint density at radius 1 is 1.26 bits per heavy atom. The lowest BCUT2D eigenvalue weighted by molar-refractivity contribution is -0.140. The van der Waals surface area contributed by atoms with E-state index in [1.807, 2.05) is 11.8 Å². The standard InChI is InChI=1S/C17H30N2O4/c1-3-19(10-17(21)22)14-8-13(9-14)18-16(20)11-23-15-6-4-5-12(2)7-15/h12-15H,3-11H2,1-2H3,(H,18,20)(H,21,22). The van der Waals surface area contributed by atoms with Crippen molar-refractivity contribution in [1.29, 1.82) is 0 Å². The monoisotopic (exact) mass is 326 g/mol. The van der Waals surface area contributed by atoms with E-state index in [9.17, 15) is 9.59 Å². The van der Waals surface area contributed by atoms with Crippen LogP contribution in [-0.2, 0) is 14.3 Å². The van der Waals surface area contributed by atoms with Crippen molar-refractivity contribution < 1.29 is 19.4 Å². The third-order valence-electron chi connectivity index (χ3n) is 5.08. The van der Waals surface area contributed by atoms with Gasteiger partial charge in [0.05, 0.1) is 12.6 Å². The maximum absolute atomic E-state index is 12.0. The normalized spacial score (nSPS) is 30.7. The van der Waals surface area contributed by atoms with Gasteiger partial charge in [-0.15, -0.1) is 0 Å². The maximum atomic E-state index is 12.0. The van der Waals surface area contributed by atoms with Crippen molar-refractivity contribution in [2.45, 2.75) is 70.6 Å². The van der Waals surface area contributed by atoms with Crippen molar-refractivity contribution >= 4 is 11.9 Å². The van der Waals surface area contributed by atoms with Crippen molar-refractivity contribution in [3.05, 3.63) is 0 Å². The molecule has 0 radical (unpaired) electrons. The predicted octanol–water partition coefficient (Wildman–Crippen LogP) is 1.64. The van der Waals surface area contributed by atoms with E-state index in [-0.39, 0.29) is 37.2 Å². The van der Waals surface area contributed by atoms with E-state index in [0.717, 1.165) is 32.2 Å². The molecule has 6 heteroatoms. The minimum absolute atomic E-state index is 0.0482. The molecule has 0 aromatic heterocycles. The molecule has 0 heterocycles. The molecule has 0 aliphatic heterocycles. The molecule has 2 unspecified atom stereocenters. The highest BCUT2D eigenvalue weighted by molar-refractivity contribution is 5.77. The topological polar surface area (TPSA) is 78.9 Å². The van der Waals surface area contributed by atoms with Crippen LogP contribution >= 0.6 is 0 Å². The molecule has 6 nitrogen and oxygen atoms in total. The van der Waals surface area contributed by atoms with Crippen molar-refractivity contribution in [1.82, 2.24) is 10.2 Å². The van der Waals surface area contributed by atoms with Gasteiger partial charge in [-0.1, -0.05) is 26.7 Å². The Labute approximate surface area is 138 Å². The molecular weight excluding hydrogens is 296 g/mol. The number of ether oxygens (including phenoxy) is 1. The Hall–Kier alpha value is -1.14. The van der Waals surface area contributed by atoms with Gasteiger partial charge in [-0.05, 0) is 38.1 Å². The molecule has 2 saturated carbocycles. The number of carbonyl (C=O) groups is 2. The fraction of sp³-hybridized carbons (Fsp3) is 0.882. The Bertz CT molecular complexity index is 409. The summed E-state index contributed by atoms with van der Waals surface area (Å²) in [6.45, 7) is 5.14. The van der Waals surface area contributed by atoms with Gasteiger partial charge in [-0.25, -0.2) is 0 Å². The molecule has 2 fully saturated rings. The zero-order valence-corrected chi connectivity index (χ0v) is 14.3. The summed E-state index contributed by atoms with van der Waals surface area (Å²) >= 11 is 0. The van der Waals surface area contributed by atoms with Gasteiger partial charge in [-0.3, -0.25) is 14.5 Å². The van der Waals surface area contributed by atoms with E-state index in [4.69, 9.17) is 9.84 Å². The number of carbonyl (C=O) groups excluding carboxylic acids is 1. The molecule has 0 spiro atoms. The van der Waals surface area contributed by atoms with E-state index in [1.54, 1.807) is 0 Å². The maximum Gasteiger partial charge on any atom is 0.317 e. The molecule has 132 valence electrons. The largest absolute Gasteiger partial charge is 0.480 e. The lowest BCUT2D eigenvalue weighted by Crippen LogP contribution is -2.55. The van der Waals surface area contributed by atoms with Crippen LogP contribution in [0.15, 0.2) is 0 Å². The Morgan fingerprint density at radius 3 is 2.61 bits per heavy atom. The molecule has 2 aliphatic rings. The molecule has 23 heavy (non-hydrogen) atoms. The number of likely N-dealkylation sites (N-methyl/N-ethyl adjacent to an activating group) is 1. The van der Waals surface area contributed by atoms with Crippen LogP contribution in [0, 0.1) is 5.92 Å². The summed E-state index contributed by atoms with van der Waals surface area (Å²) in [5, 5.41) is 11.9. The van der Waals surface area contributed by atoms with Gasteiger partial charge in [0, 0.05) is 12.1 Å². The highest BCUT2D eigenvalue weighted by Crippen LogP contribution is 2.27. The van der Waals surface area contributed by atoms with Gasteiger partial charge in [0.25, 0.3) is 0 Å². The minimum atomic E-state index is -0.797. The summed E-state index contributed by atoms with van der Waals surface area (Å²) in [6, 6.07) is 0.422. The second-order valence-electron chi connectivity index (χ2n) is 7.05. The minimum Gasteiger partial charge on any atom is -0.480 e. The summed E-state index contributed by atoms with van der Waals surface area (Å²) in [7, 11) is 0. The second-order valence-corrected chi connectivity index (χ2v) is 7.05. The third-order valence-corrected chi connectivity index (χ3v) is 5.08. The van der Waals surface area contributed by atoms with Crippen molar-refractivity contribution in [2.24, 2.45) is 5.92 Å². The lowest BCUT2D eigenvalue weighted by atomic mass is 9.85. The summed E-state index contributed by atoms with van der Waals surface area (Å²) in [4.78, 5) is 24.7. The number of rotatable bonds is 8. The molecule has 2 atom stereocenters. The first-order valence-electron chi connectivity index (χ1n) is 8.84. The van der Waals surface area contributed by atoms with E-state index < -0.39 is 5.97 Å². The van der Waals surface area contributed by atoms with Gasteiger partial charge < -0.3 is 15.2 Å². The zero-order chi connectivity index (χ0) is 16.8. The number of carboxylic acids is 1. The first kappa shape index (κ1) is 18.2. The van der Waals surface area contributed by atoms with E-state index in [1.165, 1.54) is 12.8 Å². The summed E-state index contributed by atoms with van der Waals surface area (Å²) in [5.74, 6) is -0.152. The summed E-state index contributed by atoms with van der Waals surface area (Å²) in [5.41, 5.74) is 0. The number of amides is 1. The van der Waals surface area contributed by atoms with Crippen LogP contribution in [0.1, 0.15) is 52.4 Å². The molecule has 0 bridgehead atoms. The van der Waals surface area contributed by atoms with Crippen LogP contribution in [-0.4, -0.2) is 59.8 Å². The van der Waals surface area contributed by atoms with Gasteiger partial charge in [0.2, 0.25) is 5.91 Å². The van der Waals surface area contributed by atoms with Gasteiger partial charge in [0.1, 0.15) is 6.61 Å². The quantitative estimate of drug-likeness (QED) is 0.709. The van der Waals surface area contributed by atoms with Crippen molar-refractivity contribution in [3.8, 4) is 0 Å². The van der Waals surface area contributed by atoms with Crippen LogP contribution in [0.2, 0.25) is 0 Å². The molecule has 2 N–H and O–H groups in total. The Kier molecular flexibility index (Phi) is 6.84. The fourth-order valence-corrected chi connectivity index (χ4v) is 3.67. The predicted molar refractivity (Wildman–Crippen MR) is 87.2 cm³/mol. The van der Waals surface area contributed by atoms with Gasteiger partial charge in [-0.2, -0.15) is 0 Å². The third kappa shape index (κ3) is 5.77. The number of hydrogen-bond acceptors (Lipinski definition) is 4. The molecular formula is C17H30N2O4. The first-order valence-corrected chi connectivity index (χ1v) is 8.84. The average molecular weight is 326 g/mol. The SMILES string of the molecule is CCN(CC(=O)O)C1CC(NC(=O)COC2CCCC(C)C2)C1. The van der Waals surface area contributed by atoms with Crippen LogP contribution in [0.4, 0.5) is 0 Å². The van der Waals surface area contributed by atoms with Crippen LogP contribution in [0.3, 0.4) is 0 Å². The number of carboxylic acid groups (broad SMARTS) is 1. The highest BCUT2D eigenvalue weighted by atomic mass is 16.5. The van der Waals surface area contributed by atoms with Crippen molar-refractivity contribution in [3.63, 3.8) is 0 Å². The fourth-order valence-electron chi connectivity index (χ4n) is 3.67. The second kappa shape index (κ2) is 8.64. The first-order chi connectivity index (χ1) is 11.0. The molecule has 0 aromatic carbocycles.